The third kappa shape index (κ3) is 4.23. The van der Waals surface area contributed by atoms with Gasteiger partial charge in [-0.05, 0) is 18.2 Å². The summed E-state index contributed by atoms with van der Waals surface area (Å²) in [6.07, 6.45) is -4.50. The van der Waals surface area contributed by atoms with Gasteiger partial charge in [0.05, 0.1) is 5.56 Å². The average molecular weight is 260 g/mol. The fourth-order valence-corrected chi connectivity index (χ4v) is 1.63. The number of hydrogen-bond donors (Lipinski definition) is 0. The zero-order valence-corrected chi connectivity index (χ0v) is 10.7. The molecule has 0 atom stereocenters. The van der Waals surface area contributed by atoms with Crippen LogP contribution in [-0.4, -0.2) is 8.07 Å². The second-order valence-electron chi connectivity index (χ2n) is 4.69. The van der Waals surface area contributed by atoms with E-state index in [1.54, 1.807) is 0 Å². The highest BCUT2D eigenvalue weighted by atomic mass is 28.3. The molecule has 0 fully saturated rings. The van der Waals surface area contributed by atoms with E-state index in [1.807, 2.05) is 19.6 Å². The standard InChI is InChI=1S/C12H12F4Si/c1-17(2,3)7-6-9-8-10(13)4-5-11(9)12(14,15)16/h4-5,8H,1-3H3. The molecule has 0 aliphatic rings. The van der Waals surface area contributed by atoms with E-state index in [0.29, 0.717) is 0 Å². The highest BCUT2D eigenvalue weighted by molar-refractivity contribution is 6.83. The average Bonchev–Trinajstić information content (AvgIpc) is 2.11. The molecule has 0 N–H and O–H groups in total. The zero-order valence-electron chi connectivity index (χ0n) is 9.74. The van der Waals surface area contributed by atoms with E-state index in [9.17, 15) is 17.6 Å². The first-order valence-corrected chi connectivity index (χ1v) is 8.49. The lowest BCUT2D eigenvalue weighted by Crippen LogP contribution is -2.16. The van der Waals surface area contributed by atoms with Crippen molar-refractivity contribution >= 4 is 8.07 Å². The van der Waals surface area contributed by atoms with Gasteiger partial charge in [0.1, 0.15) is 13.9 Å². The number of halogens is 4. The molecule has 0 amide bonds. The Balaban J connectivity index is 3.30. The van der Waals surface area contributed by atoms with Crippen LogP contribution in [0.4, 0.5) is 17.6 Å². The highest BCUT2D eigenvalue weighted by Crippen LogP contribution is 2.31. The Morgan fingerprint density at radius 3 is 2.18 bits per heavy atom. The summed E-state index contributed by atoms with van der Waals surface area (Å²) >= 11 is 0. The Morgan fingerprint density at radius 2 is 1.71 bits per heavy atom. The first-order chi connectivity index (χ1) is 7.59. The van der Waals surface area contributed by atoms with Gasteiger partial charge in [0.15, 0.2) is 0 Å². The quantitative estimate of drug-likeness (QED) is 0.375. The summed E-state index contributed by atoms with van der Waals surface area (Å²) < 4.78 is 50.8. The third-order valence-corrected chi connectivity index (χ3v) is 2.73. The van der Waals surface area contributed by atoms with E-state index in [4.69, 9.17) is 0 Å². The van der Waals surface area contributed by atoms with Crippen LogP contribution in [0.1, 0.15) is 11.1 Å². The fourth-order valence-electron chi connectivity index (χ4n) is 1.12. The van der Waals surface area contributed by atoms with Gasteiger partial charge in [-0.15, -0.1) is 5.54 Å². The second kappa shape index (κ2) is 4.53. The maximum Gasteiger partial charge on any atom is 0.417 e. The van der Waals surface area contributed by atoms with Crippen molar-refractivity contribution < 1.29 is 17.6 Å². The fraction of sp³-hybridized carbons (Fsp3) is 0.333. The van der Waals surface area contributed by atoms with Crippen LogP contribution in [0.2, 0.25) is 19.6 Å². The Morgan fingerprint density at radius 1 is 1.12 bits per heavy atom. The number of hydrogen-bond acceptors (Lipinski definition) is 0. The van der Waals surface area contributed by atoms with Crippen LogP contribution in [-0.2, 0) is 6.18 Å². The van der Waals surface area contributed by atoms with Crippen LogP contribution in [0.3, 0.4) is 0 Å². The van der Waals surface area contributed by atoms with Crippen LogP contribution in [0, 0.1) is 17.3 Å². The van der Waals surface area contributed by atoms with Crippen LogP contribution >= 0.6 is 0 Å². The van der Waals surface area contributed by atoms with Crippen LogP contribution < -0.4 is 0 Å². The Hall–Kier alpha value is -1.28. The first kappa shape index (κ1) is 13.8. The van der Waals surface area contributed by atoms with E-state index in [2.05, 4.69) is 11.5 Å². The summed E-state index contributed by atoms with van der Waals surface area (Å²) in [5, 5.41) is 0. The summed E-state index contributed by atoms with van der Waals surface area (Å²) in [6.45, 7) is 5.73. The molecule has 0 heterocycles. The minimum absolute atomic E-state index is 0.292. The van der Waals surface area contributed by atoms with Gasteiger partial charge in [-0.1, -0.05) is 25.6 Å². The van der Waals surface area contributed by atoms with Crippen molar-refractivity contribution in [1.29, 1.82) is 0 Å². The van der Waals surface area contributed by atoms with Gasteiger partial charge in [-0.25, -0.2) is 4.39 Å². The van der Waals surface area contributed by atoms with Crippen molar-refractivity contribution in [1.82, 2.24) is 0 Å². The molecule has 0 unspecified atom stereocenters. The summed E-state index contributed by atoms with van der Waals surface area (Å²) in [6, 6.07) is 2.35. The van der Waals surface area contributed by atoms with Crippen molar-refractivity contribution in [2.75, 3.05) is 0 Å². The minimum atomic E-state index is -4.50. The van der Waals surface area contributed by atoms with Gasteiger partial charge in [-0.2, -0.15) is 13.2 Å². The lowest BCUT2D eigenvalue weighted by atomic mass is 10.1. The summed E-state index contributed by atoms with van der Waals surface area (Å²) in [5.74, 6) is 1.74. The summed E-state index contributed by atoms with van der Waals surface area (Å²) in [5.41, 5.74) is 1.62. The van der Waals surface area contributed by atoms with Crippen LogP contribution in [0.5, 0.6) is 0 Å². The molecule has 0 saturated heterocycles. The van der Waals surface area contributed by atoms with E-state index in [0.717, 1.165) is 18.2 Å². The molecule has 17 heavy (non-hydrogen) atoms. The van der Waals surface area contributed by atoms with Crippen molar-refractivity contribution in [3.8, 4) is 11.5 Å². The van der Waals surface area contributed by atoms with E-state index >= 15 is 0 Å². The highest BCUT2D eigenvalue weighted by Gasteiger charge is 2.33. The van der Waals surface area contributed by atoms with Crippen LogP contribution in [0.15, 0.2) is 18.2 Å². The monoisotopic (exact) mass is 260 g/mol. The van der Waals surface area contributed by atoms with Crippen molar-refractivity contribution in [2.24, 2.45) is 0 Å². The molecule has 0 aromatic heterocycles. The second-order valence-corrected chi connectivity index (χ2v) is 9.44. The lowest BCUT2D eigenvalue weighted by Gasteiger charge is -2.09. The lowest BCUT2D eigenvalue weighted by molar-refractivity contribution is -0.137. The van der Waals surface area contributed by atoms with Gasteiger partial charge in [0.25, 0.3) is 0 Å². The molecule has 92 valence electrons. The van der Waals surface area contributed by atoms with E-state index in [-0.39, 0.29) is 5.56 Å². The molecule has 0 saturated carbocycles. The van der Waals surface area contributed by atoms with Crippen molar-refractivity contribution in [3.63, 3.8) is 0 Å². The molecule has 5 heteroatoms. The van der Waals surface area contributed by atoms with Gasteiger partial charge in [0, 0.05) is 5.56 Å². The minimum Gasteiger partial charge on any atom is -0.207 e. The first-order valence-electron chi connectivity index (χ1n) is 4.99. The molecule has 0 spiro atoms. The van der Waals surface area contributed by atoms with Gasteiger partial charge >= 0.3 is 6.18 Å². The summed E-state index contributed by atoms with van der Waals surface area (Å²) in [7, 11) is -1.79. The Bertz CT molecular complexity index is 472. The molecule has 0 aliphatic carbocycles. The van der Waals surface area contributed by atoms with E-state index in [1.165, 1.54) is 0 Å². The van der Waals surface area contributed by atoms with Gasteiger partial charge in [-0.3, -0.25) is 0 Å². The van der Waals surface area contributed by atoms with Crippen LogP contribution in [0.25, 0.3) is 0 Å². The normalized spacial score (nSPS) is 11.9. The number of benzene rings is 1. The molecule has 0 aliphatic heterocycles. The molecule has 0 radical (unpaired) electrons. The molecule has 1 rings (SSSR count). The molecule has 0 bridgehead atoms. The van der Waals surface area contributed by atoms with E-state index < -0.39 is 25.6 Å². The molecule has 0 nitrogen and oxygen atoms in total. The Labute approximate surface area is 98.7 Å². The third-order valence-electron chi connectivity index (χ3n) is 1.86. The zero-order chi connectivity index (χ0) is 13.3. The smallest absolute Gasteiger partial charge is 0.207 e. The van der Waals surface area contributed by atoms with Gasteiger partial charge in [0.2, 0.25) is 0 Å². The number of rotatable bonds is 0. The molecule has 1 aromatic rings. The summed E-state index contributed by atoms with van der Waals surface area (Å²) in [4.78, 5) is 0. The van der Waals surface area contributed by atoms with Crippen molar-refractivity contribution in [3.05, 3.63) is 35.1 Å². The van der Waals surface area contributed by atoms with Gasteiger partial charge < -0.3 is 0 Å². The maximum atomic E-state index is 12.9. The predicted molar refractivity (Wildman–Crippen MR) is 61.6 cm³/mol. The predicted octanol–water partition coefficient (Wildman–Crippen LogP) is 4.07. The molecular formula is C12H12F4Si. The topological polar surface area (TPSA) is 0 Å². The molecule has 1 aromatic carbocycles. The maximum absolute atomic E-state index is 12.9. The number of alkyl halides is 3. The van der Waals surface area contributed by atoms with Crippen molar-refractivity contribution in [2.45, 2.75) is 25.8 Å². The SMILES string of the molecule is C[Si](C)(C)C#Cc1cc(F)ccc1C(F)(F)F. The molecular weight excluding hydrogens is 248 g/mol. The Kier molecular flexibility index (Phi) is 3.67. The largest absolute Gasteiger partial charge is 0.417 e.